The van der Waals surface area contributed by atoms with E-state index in [0.717, 1.165) is 16.6 Å². The van der Waals surface area contributed by atoms with Crippen molar-refractivity contribution in [3.63, 3.8) is 0 Å². The Labute approximate surface area is 120 Å². The van der Waals surface area contributed by atoms with Gasteiger partial charge < -0.3 is 14.6 Å². The zero-order valence-electron chi connectivity index (χ0n) is 10.7. The molecule has 0 amide bonds. The smallest absolute Gasteiger partial charge is 0.240 e. The van der Waals surface area contributed by atoms with Gasteiger partial charge in [-0.3, -0.25) is 0 Å². The third-order valence-electron chi connectivity index (χ3n) is 2.54. The summed E-state index contributed by atoms with van der Waals surface area (Å²) in [6.07, 6.45) is 0.675. The van der Waals surface area contributed by atoms with E-state index in [4.69, 9.17) is 9.26 Å². The van der Waals surface area contributed by atoms with E-state index in [0.29, 0.717) is 31.3 Å². The number of aromatic nitrogens is 2. The van der Waals surface area contributed by atoms with Crippen LogP contribution in [0.15, 0.2) is 33.3 Å². The molecule has 0 fully saturated rings. The summed E-state index contributed by atoms with van der Waals surface area (Å²) in [5.74, 6) is 1.30. The molecule has 1 N–H and O–H groups in total. The van der Waals surface area contributed by atoms with Gasteiger partial charge in [0.1, 0.15) is 0 Å². The largest absolute Gasteiger partial charge is 0.383 e. The molecule has 0 unspecified atom stereocenters. The summed E-state index contributed by atoms with van der Waals surface area (Å²) in [6, 6.07) is 8.08. The summed E-state index contributed by atoms with van der Waals surface area (Å²) in [5, 5.41) is 7.12. The van der Waals surface area contributed by atoms with Gasteiger partial charge in [0.2, 0.25) is 5.89 Å². The normalized spacial score (nSPS) is 10.8. The Morgan fingerprint density at radius 3 is 2.84 bits per heavy atom. The molecule has 0 atom stereocenters. The number of methoxy groups -OCH3 is 1. The van der Waals surface area contributed by atoms with Crippen molar-refractivity contribution in [3.05, 3.63) is 46.0 Å². The van der Waals surface area contributed by atoms with Gasteiger partial charge in [-0.05, 0) is 17.7 Å². The molecule has 5 nitrogen and oxygen atoms in total. The Kier molecular flexibility index (Phi) is 5.50. The Bertz CT molecular complexity index is 499. The van der Waals surface area contributed by atoms with Crippen molar-refractivity contribution in [2.24, 2.45) is 0 Å². The van der Waals surface area contributed by atoms with E-state index < -0.39 is 0 Å². The van der Waals surface area contributed by atoms with Gasteiger partial charge in [0.25, 0.3) is 0 Å². The highest BCUT2D eigenvalue weighted by molar-refractivity contribution is 9.10. The summed E-state index contributed by atoms with van der Waals surface area (Å²) in [4.78, 5) is 4.33. The highest BCUT2D eigenvalue weighted by Gasteiger charge is 2.06. The molecule has 0 bridgehead atoms. The quantitative estimate of drug-likeness (QED) is 0.790. The molecule has 0 saturated carbocycles. The second-order valence-electron chi connectivity index (χ2n) is 4.08. The maximum atomic E-state index is 5.17. The van der Waals surface area contributed by atoms with Crippen LogP contribution in [0.4, 0.5) is 0 Å². The molecule has 0 spiro atoms. The fraction of sp³-hybridized carbons (Fsp3) is 0.385. The number of nitrogens with one attached hydrogen (secondary N) is 1. The zero-order chi connectivity index (χ0) is 13.5. The van der Waals surface area contributed by atoms with Crippen LogP contribution < -0.4 is 5.32 Å². The first kappa shape index (κ1) is 14.2. The third kappa shape index (κ3) is 4.74. The minimum atomic E-state index is 0.566. The van der Waals surface area contributed by atoms with E-state index in [-0.39, 0.29) is 0 Å². The molecule has 1 heterocycles. The monoisotopic (exact) mass is 325 g/mol. The van der Waals surface area contributed by atoms with Crippen molar-refractivity contribution < 1.29 is 9.26 Å². The SMILES string of the molecule is COCCNCc1nc(Cc2ccc(Br)cc2)no1. The van der Waals surface area contributed by atoms with E-state index >= 15 is 0 Å². The molecule has 0 aliphatic heterocycles. The Hall–Kier alpha value is -1.24. The minimum Gasteiger partial charge on any atom is -0.383 e. The minimum absolute atomic E-state index is 0.566. The Balaban J connectivity index is 1.85. The summed E-state index contributed by atoms with van der Waals surface area (Å²) in [7, 11) is 1.67. The Morgan fingerprint density at radius 1 is 1.32 bits per heavy atom. The summed E-state index contributed by atoms with van der Waals surface area (Å²) in [6.45, 7) is 2.00. The van der Waals surface area contributed by atoms with Crippen molar-refractivity contribution in [1.82, 2.24) is 15.5 Å². The predicted molar refractivity (Wildman–Crippen MR) is 74.8 cm³/mol. The van der Waals surface area contributed by atoms with Crippen molar-refractivity contribution in [2.45, 2.75) is 13.0 Å². The molecule has 0 radical (unpaired) electrons. The maximum absolute atomic E-state index is 5.17. The molecular formula is C13H16BrN3O2. The van der Waals surface area contributed by atoms with E-state index in [1.165, 1.54) is 0 Å². The van der Waals surface area contributed by atoms with Gasteiger partial charge in [-0.15, -0.1) is 0 Å². The van der Waals surface area contributed by atoms with Crippen LogP contribution in [0.25, 0.3) is 0 Å². The van der Waals surface area contributed by atoms with Crippen molar-refractivity contribution in [3.8, 4) is 0 Å². The molecule has 0 aliphatic rings. The van der Waals surface area contributed by atoms with Gasteiger partial charge in [-0.1, -0.05) is 33.2 Å². The molecule has 2 aromatic rings. The van der Waals surface area contributed by atoms with Crippen LogP contribution in [0.1, 0.15) is 17.3 Å². The third-order valence-corrected chi connectivity index (χ3v) is 3.07. The topological polar surface area (TPSA) is 60.2 Å². The molecular weight excluding hydrogens is 310 g/mol. The molecule has 2 rings (SSSR count). The maximum Gasteiger partial charge on any atom is 0.240 e. The first-order valence-electron chi connectivity index (χ1n) is 6.03. The number of halogens is 1. The first-order valence-corrected chi connectivity index (χ1v) is 6.83. The van der Waals surface area contributed by atoms with Crippen LogP contribution >= 0.6 is 15.9 Å². The lowest BCUT2D eigenvalue weighted by Gasteiger charge is -1.98. The highest BCUT2D eigenvalue weighted by Crippen LogP contribution is 2.12. The molecule has 102 valence electrons. The fourth-order valence-corrected chi connectivity index (χ4v) is 1.85. The number of benzene rings is 1. The number of rotatable bonds is 7. The Morgan fingerprint density at radius 2 is 2.11 bits per heavy atom. The van der Waals surface area contributed by atoms with Crippen LogP contribution in [-0.2, 0) is 17.7 Å². The zero-order valence-corrected chi connectivity index (χ0v) is 12.3. The van der Waals surface area contributed by atoms with Gasteiger partial charge >= 0.3 is 0 Å². The van der Waals surface area contributed by atoms with Gasteiger partial charge in [0.05, 0.1) is 13.2 Å². The van der Waals surface area contributed by atoms with E-state index in [2.05, 4.69) is 31.4 Å². The number of hydrogen-bond donors (Lipinski definition) is 1. The van der Waals surface area contributed by atoms with Gasteiger partial charge in [-0.25, -0.2) is 0 Å². The molecule has 1 aromatic carbocycles. The predicted octanol–water partition coefficient (Wildman–Crippen LogP) is 2.16. The van der Waals surface area contributed by atoms with Crippen molar-refractivity contribution in [2.75, 3.05) is 20.3 Å². The van der Waals surface area contributed by atoms with Crippen molar-refractivity contribution in [1.29, 1.82) is 0 Å². The molecule has 0 aliphatic carbocycles. The number of nitrogens with zero attached hydrogens (tertiary/aromatic N) is 2. The first-order chi connectivity index (χ1) is 9.28. The van der Waals surface area contributed by atoms with E-state index in [1.54, 1.807) is 7.11 Å². The summed E-state index contributed by atoms with van der Waals surface area (Å²) < 4.78 is 11.2. The van der Waals surface area contributed by atoms with Gasteiger partial charge in [-0.2, -0.15) is 4.98 Å². The van der Waals surface area contributed by atoms with Gasteiger partial charge in [0, 0.05) is 24.5 Å². The lowest BCUT2D eigenvalue weighted by molar-refractivity contribution is 0.197. The standard InChI is InChI=1S/C13H16BrN3O2/c1-18-7-6-15-9-13-16-12(17-19-13)8-10-2-4-11(14)5-3-10/h2-5,15H,6-9H2,1H3. The lowest BCUT2D eigenvalue weighted by Crippen LogP contribution is -2.18. The van der Waals surface area contributed by atoms with Crippen molar-refractivity contribution >= 4 is 15.9 Å². The van der Waals surface area contributed by atoms with Gasteiger partial charge in [0.15, 0.2) is 5.82 Å². The summed E-state index contributed by atoms with van der Waals surface area (Å²) in [5.41, 5.74) is 1.16. The van der Waals surface area contributed by atoms with Crippen LogP contribution in [0.3, 0.4) is 0 Å². The fourth-order valence-electron chi connectivity index (χ4n) is 1.59. The van der Waals surface area contributed by atoms with Crippen LogP contribution in [0.2, 0.25) is 0 Å². The second kappa shape index (κ2) is 7.37. The van der Waals surface area contributed by atoms with Crippen LogP contribution in [0.5, 0.6) is 0 Å². The summed E-state index contributed by atoms with van der Waals surface area (Å²) >= 11 is 3.41. The average molecular weight is 326 g/mol. The number of hydrogen-bond acceptors (Lipinski definition) is 5. The second-order valence-corrected chi connectivity index (χ2v) is 4.99. The molecule has 19 heavy (non-hydrogen) atoms. The van der Waals surface area contributed by atoms with E-state index in [1.807, 2.05) is 24.3 Å². The average Bonchev–Trinajstić information content (AvgIpc) is 2.85. The number of ether oxygens (including phenoxy) is 1. The van der Waals surface area contributed by atoms with Crippen LogP contribution in [-0.4, -0.2) is 30.4 Å². The molecule has 6 heteroatoms. The van der Waals surface area contributed by atoms with E-state index in [9.17, 15) is 0 Å². The molecule has 1 aromatic heterocycles. The highest BCUT2D eigenvalue weighted by atomic mass is 79.9. The lowest BCUT2D eigenvalue weighted by atomic mass is 10.1. The van der Waals surface area contributed by atoms with Crippen LogP contribution in [0, 0.1) is 0 Å². The molecule has 0 saturated heterocycles.